The van der Waals surface area contributed by atoms with Crippen LogP contribution in [0.15, 0.2) is 24.3 Å². The molecule has 0 fully saturated rings. The van der Waals surface area contributed by atoms with Crippen molar-refractivity contribution in [2.45, 2.75) is 12.7 Å². The first kappa shape index (κ1) is 12.2. The summed E-state index contributed by atoms with van der Waals surface area (Å²) in [5, 5.41) is 0.799. The standard InChI is InChI=1S/C11H14Cl2S/c1-9(6-12)7-14-8-10-2-4-11(13)5-3-10/h2-5,9H,6-8H2,1H3. The van der Waals surface area contributed by atoms with Gasteiger partial charge in [-0.15, -0.1) is 11.6 Å². The summed E-state index contributed by atoms with van der Waals surface area (Å²) in [6.45, 7) is 2.17. The summed E-state index contributed by atoms with van der Waals surface area (Å²) >= 11 is 13.4. The number of hydrogen-bond donors (Lipinski definition) is 0. The Morgan fingerprint density at radius 1 is 1.29 bits per heavy atom. The molecule has 0 nitrogen and oxygen atoms in total. The summed E-state index contributed by atoms with van der Waals surface area (Å²) in [4.78, 5) is 0. The molecule has 1 aromatic rings. The molecule has 0 radical (unpaired) electrons. The molecule has 1 unspecified atom stereocenters. The maximum atomic E-state index is 5.79. The Balaban J connectivity index is 2.28. The van der Waals surface area contributed by atoms with E-state index in [1.807, 2.05) is 23.9 Å². The van der Waals surface area contributed by atoms with Gasteiger partial charge in [0.1, 0.15) is 0 Å². The second kappa shape index (κ2) is 6.60. The van der Waals surface area contributed by atoms with Crippen molar-refractivity contribution in [1.29, 1.82) is 0 Å². The van der Waals surface area contributed by atoms with Gasteiger partial charge in [-0.05, 0) is 29.4 Å². The van der Waals surface area contributed by atoms with Crippen LogP contribution in [0, 0.1) is 5.92 Å². The maximum Gasteiger partial charge on any atom is 0.0406 e. The lowest BCUT2D eigenvalue weighted by molar-refractivity contribution is 0.759. The second-order valence-electron chi connectivity index (χ2n) is 3.40. The minimum absolute atomic E-state index is 0.592. The van der Waals surface area contributed by atoms with E-state index in [-0.39, 0.29) is 0 Å². The van der Waals surface area contributed by atoms with E-state index in [1.54, 1.807) is 0 Å². The Morgan fingerprint density at radius 3 is 2.50 bits per heavy atom. The monoisotopic (exact) mass is 248 g/mol. The van der Waals surface area contributed by atoms with Gasteiger partial charge in [-0.1, -0.05) is 30.7 Å². The van der Waals surface area contributed by atoms with E-state index >= 15 is 0 Å². The smallest absolute Gasteiger partial charge is 0.0406 e. The van der Waals surface area contributed by atoms with Crippen molar-refractivity contribution in [1.82, 2.24) is 0 Å². The average molecular weight is 249 g/mol. The molecule has 14 heavy (non-hydrogen) atoms. The van der Waals surface area contributed by atoms with Crippen molar-refractivity contribution in [2.75, 3.05) is 11.6 Å². The van der Waals surface area contributed by atoms with Crippen molar-refractivity contribution >= 4 is 35.0 Å². The summed E-state index contributed by atoms with van der Waals surface area (Å²) < 4.78 is 0. The molecule has 0 amide bonds. The largest absolute Gasteiger partial charge is 0.157 e. The minimum Gasteiger partial charge on any atom is -0.157 e. The molecule has 0 saturated carbocycles. The highest BCUT2D eigenvalue weighted by Crippen LogP contribution is 2.17. The SMILES string of the molecule is CC(CCl)CSCc1ccc(Cl)cc1. The van der Waals surface area contributed by atoms with E-state index in [0.29, 0.717) is 5.92 Å². The van der Waals surface area contributed by atoms with Crippen LogP contribution in [-0.4, -0.2) is 11.6 Å². The Hall–Kier alpha value is 0.150. The first-order valence-corrected chi connectivity index (χ1v) is 6.67. The van der Waals surface area contributed by atoms with E-state index in [4.69, 9.17) is 23.2 Å². The molecule has 0 saturated heterocycles. The molecule has 78 valence electrons. The van der Waals surface area contributed by atoms with Gasteiger partial charge in [0.25, 0.3) is 0 Å². The summed E-state index contributed by atoms with van der Waals surface area (Å²) in [5.74, 6) is 3.49. The van der Waals surface area contributed by atoms with Crippen LogP contribution in [-0.2, 0) is 5.75 Å². The molecule has 0 heterocycles. The van der Waals surface area contributed by atoms with Gasteiger partial charge in [0, 0.05) is 16.7 Å². The molecule has 0 aromatic heterocycles. The first-order chi connectivity index (χ1) is 6.72. The van der Waals surface area contributed by atoms with E-state index in [1.165, 1.54) is 5.56 Å². The quantitative estimate of drug-likeness (QED) is 0.695. The Morgan fingerprint density at radius 2 is 1.93 bits per heavy atom. The molecule has 0 N–H and O–H groups in total. The van der Waals surface area contributed by atoms with Crippen LogP contribution in [0.25, 0.3) is 0 Å². The zero-order valence-electron chi connectivity index (χ0n) is 8.17. The molecule has 3 heteroatoms. The van der Waals surface area contributed by atoms with Gasteiger partial charge in [-0.25, -0.2) is 0 Å². The summed E-state index contributed by atoms with van der Waals surface area (Å²) in [7, 11) is 0. The number of thioether (sulfide) groups is 1. The van der Waals surface area contributed by atoms with Gasteiger partial charge in [0.15, 0.2) is 0 Å². The third-order valence-electron chi connectivity index (χ3n) is 1.85. The van der Waals surface area contributed by atoms with Crippen LogP contribution in [0.5, 0.6) is 0 Å². The van der Waals surface area contributed by atoms with Crippen molar-refractivity contribution in [3.63, 3.8) is 0 Å². The number of alkyl halides is 1. The zero-order valence-corrected chi connectivity index (χ0v) is 10.5. The maximum absolute atomic E-state index is 5.79. The van der Waals surface area contributed by atoms with Crippen LogP contribution >= 0.6 is 35.0 Å². The Bertz CT molecular complexity index is 258. The van der Waals surface area contributed by atoms with Crippen LogP contribution in [0.3, 0.4) is 0 Å². The van der Waals surface area contributed by atoms with Gasteiger partial charge in [0.2, 0.25) is 0 Å². The van der Waals surface area contributed by atoms with E-state index < -0.39 is 0 Å². The lowest BCUT2D eigenvalue weighted by Crippen LogP contribution is -1.99. The highest BCUT2D eigenvalue weighted by Gasteiger charge is 2.00. The number of halogens is 2. The molecule has 0 spiro atoms. The average Bonchev–Trinajstić information content (AvgIpc) is 2.21. The fourth-order valence-electron chi connectivity index (χ4n) is 1.00. The zero-order chi connectivity index (χ0) is 10.4. The van der Waals surface area contributed by atoms with Gasteiger partial charge >= 0.3 is 0 Å². The molecule has 1 atom stereocenters. The normalized spacial score (nSPS) is 12.8. The molecule has 0 bridgehead atoms. The van der Waals surface area contributed by atoms with Crippen LogP contribution < -0.4 is 0 Å². The number of rotatable bonds is 5. The van der Waals surface area contributed by atoms with Gasteiger partial charge in [-0.3, -0.25) is 0 Å². The number of hydrogen-bond acceptors (Lipinski definition) is 1. The Kier molecular flexibility index (Phi) is 5.76. The molecule has 0 aliphatic rings. The topological polar surface area (TPSA) is 0 Å². The minimum atomic E-state index is 0.592. The van der Waals surface area contributed by atoms with Crippen LogP contribution in [0.1, 0.15) is 12.5 Å². The van der Waals surface area contributed by atoms with Gasteiger partial charge < -0.3 is 0 Å². The van der Waals surface area contributed by atoms with Crippen molar-refractivity contribution in [3.05, 3.63) is 34.9 Å². The van der Waals surface area contributed by atoms with E-state index in [9.17, 15) is 0 Å². The fraction of sp³-hybridized carbons (Fsp3) is 0.455. The third kappa shape index (κ3) is 4.59. The molecule has 1 aromatic carbocycles. The molecule has 0 aliphatic carbocycles. The lowest BCUT2D eigenvalue weighted by Gasteiger charge is -2.06. The van der Waals surface area contributed by atoms with E-state index in [2.05, 4.69) is 19.1 Å². The second-order valence-corrected chi connectivity index (χ2v) is 5.18. The summed E-state index contributed by atoms with van der Waals surface area (Å²) in [5.41, 5.74) is 1.32. The molecular formula is C11H14Cl2S. The first-order valence-electron chi connectivity index (χ1n) is 4.60. The lowest BCUT2D eigenvalue weighted by atomic mass is 10.2. The highest BCUT2D eigenvalue weighted by molar-refractivity contribution is 7.98. The van der Waals surface area contributed by atoms with Crippen molar-refractivity contribution < 1.29 is 0 Å². The predicted molar refractivity (Wildman–Crippen MR) is 67.5 cm³/mol. The van der Waals surface area contributed by atoms with Crippen LogP contribution in [0.2, 0.25) is 5.02 Å². The summed E-state index contributed by atoms with van der Waals surface area (Å²) in [6, 6.07) is 8.01. The van der Waals surface area contributed by atoms with Crippen molar-refractivity contribution in [2.24, 2.45) is 5.92 Å². The van der Waals surface area contributed by atoms with Gasteiger partial charge in [0.05, 0.1) is 0 Å². The Labute approximate surface area is 100.0 Å². The van der Waals surface area contributed by atoms with Crippen LogP contribution in [0.4, 0.5) is 0 Å². The molecular weight excluding hydrogens is 235 g/mol. The number of benzene rings is 1. The summed E-state index contributed by atoms with van der Waals surface area (Å²) in [6.07, 6.45) is 0. The van der Waals surface area contributed by atoms with Crippen molar-refractivity contribution in [3.8, 4) is 0 Å². The predicted octanol–water partition coefficient (Wildman–Crippen LogP) is 4.45. The highest BCUT2D eigenvalue weighted by atomic mass is 35.5. The molecule has 0 aliphatic heterocycles. The van der Waals surface area contributed by atoms with E-state index in [0.717, 1.165) is 22.4 Å². The fourth-order valence-corrected chi connectivity index (χ4v) is 2.43. The third-order valence-corrected chi connectivity index (χ3v) is 3.97. The molecule has 1 rings (SSSR count). The van der Waals surface area contributed by atoms with Gasteiger partial charge in [-0.2, -0.15) is 11.8 Å².